The number of hydrogen-bond acceptors (Lipinski definition) is 15. The Bertz CT molecular complexity index is 3930. The Labute approximate surface area is 407 Å². The number of rotatable bonds is 12. The van der Waals surface area contributed by atoms with Crippen LogP contribution in [0.15, 0.2) is 134 Å². The van der Waals surface area contributed by atoms with Gasteiger partial charge in [-0.2, -0.15) is 10.2 Å². The molecule has 0 saturated heterocycles. The van der Waals surface area contributed by atoms with Crippen LogP contribution >= 0.6 is 0 Å². The molecular formula is C48H37F2N13O10. The third-order valence-corrected chi connectivity index (χ3v) is 11.4. The van der Waals surface area contributed by atoms with Crippen LogP contribution in [0.2, 0.25) is 0 Å². The molecule has 8 heterocycles. The zero-order valence-corrected chi connectivity index (χ0v) is 38.2. The molecular weight excluding hydrogens is 957 g/mol. The Kier molecular flexibility index (Phi) is 12.2. The molecule has 1 aliphatic rings. The number of carbonyl (C=O) groups excluding carboxylic acids is 4. The predicted octanol–water partition coefficient (Wildman–Crippen LogP) is 3.78. The zero-order chi connectivity index (χ0) is 51.0. The first-order chi connectivity index (χ1) is 35.2. The van der Waals surface area contributed by atoms with Crippen molar-refractivity contribution in [3.05, 3.63) is 182 Å². The third-order valence-electron chi connectivity index (χ3n) is 11.4. The van der Waals surface area contributed by atoms with Gasteiger partial charge in [0.2, 0.25) is 0 Å². The maximum absolute atomic E-state index is 13.3. The lowest BCUT2D eigenvalue weighted by Crippen LogP contribution is -2.28. The number of amides is 4. The minimum absolute atomic E-state index is 0.0183. The Morgan fingerprint density at radius 2 is 1.01 bits per heavy atom. The molecule has 0 radical (unpaired) electrons. The predicted molar refractivity (Wildman–Crippen MR) is 250 cm³/mol. The molecule has 368 valence electrons. The van der Waals surface area contributed by atoms with E-state index < -0.39 is 41.4 Å². The van der Waals surface area contributed by atoms with Crippen molar-refractivity contribution in [1.82, 2.24) is 64.6 Å². The van der Waals surface area contributed by atoms with Gasteiger partial charge in [0.25, 0.3) is 23.6 Å². The lowest BCUT2D eigenvalue weighted by atomic mass is 10.2. The number of alkyl halides is 2. The Morgan fingerprint density at radius 1 is 0.548 bits per heavy atom. The van der Waals surface area contributed by atoms with Crippen molar-refractivity contribution in [2.75, 3.05) is 0 Å². The van der Waals surface area contributed by atoms with E-state index in [1.807, 2.05) is 6.07 Å². The fraction of sp³-hybridized carbons (Fsp3) is 0.146. The first kappa shape index (κ1) is 46.6. The minimum Gasteiger partial charge on any atom is -0.408 e. The number of carbonyl (C=O) groups is 4. The topological polar surface area (TPSA) is 278 Å². The number of benzene rings is 3. The fourth-order valence-electron chi connectivity index (χ4n) is 7.64. The van der Waals surface area contributed by atoms with Gasteiger partial charge < -0.3 is 39.6 Å². The van der Waals surface area contributed by atoms with Gasteiger partial charge in [0.05, 0.1) is 23.4 Å². The Balaban J connectivity index is 0.000000169. The lowest BCUT2D eigenvalue weighted by Gasteiger charge is -2.10. The first-order valence-electron chi connectivity index (χ1n) is 21.9. The van der Waals surface area contributed by atoms with Gasteiger partial charge in [-0.3, -0.25) is 33.3 Å². The highest BCUT2D eigenvalue weighted by molar-refractivity contribution is 5.99. The van der Waals surface area contributed by atoms with Gasteiger partial charge in [0, 0.05) is 76.9 Å². The normalized spacial score (nSPS) is 12.4. The van der Waals surface area contributed by atoms with Crippen LogP contribution in [0.25, 0.3) is 33.5 Å². The quantitative estimate of drug-likeness (QED) is 0.136. The molecule has 0 bridgehead atoms. The molecule has 0 saturated carbocycles. The number of nitrogens with one attached hydrogen (secondary N) is 4. The number of aryl methyl sites for hydroxylation is 2. The van der Waals surface area contributed by atoms with Crippen LogP contribution in [0, 0.1) is 0 Å². The van der Waals surface area contributed by atoms with Gasteiger partial charge in [0.1, 0.15) is 22.8 Å². The Morgan fingerprint density at radius 3 is 1.52 bits per heavy atom. The lowest BCUT2D eigenvalue weighted by molar-refractivity contribution is -0.286. The second-order valence-electron chi connectivity index (χ2n) is 16.3. The standard InChI is InChI=1S/C25H18F2N6O6.C23H19N7O4/c1-32-16-8-13(2-4-18(16)37-24(32)36)11-28-22(34)15-10-17(33-21(31-15)6-7-30-33)23(35)29-12-14-3-5-19-20(9-14)39-25(26,27)38-19;1-29-17-9-14(4-5-19(17)34-23(29)33)12-25-21(31)16-10-18(30-20(28-16)6-8-27-30)22(32)26-13-15-3-2-7-24-11-15/h2-10H,11-12H2,1H3,(H,28,34)(H,29,35);2-11H,12-13H2,1H3,(H,25,31)(H,26,32). The SMILES string of the molecule is Cn1c(=O)oc2ccc(CNC(=O)c3cc(C(=O)NCc4ccc5c(c4)OC(F)(F)O5)n4nccc4n3)cc21.Cn1c(=O)oc2ccc(CNC(=O)c3cc(C(=O)NCc4cccnc4)n4nccc4n3)cc21. The largest absolute Gasteiger partial charge is 0.586 e. The summed E-state index contributed by atoms with van der Waals surface area (Å²) in [5.41, 5.74) is 5.85. The highest BCUT2D eigenvalue weighted by atomic mass is 19.3. The number of ether oxygens (including phenoxy) is 2. The molecule has 25 heteroatoms. The van der Waals surface area contributed by atoms with Gasteiger partial charge in [-0.1, -0.05) is 24.3 Å². The molecule has 0 atom stereocenters. The van der Waals surface area contributed by atoms with Crippen molar-refractivity contribution >= 4 is 57.1 Å². The number of hydrogen-bond donors (Lipinski definition) is 4. The highest BCUT2D eigenvalue weighted by Gasteiger charge is 2.43. The number of fused-ring (bicyclic) bond motifs is 5. The van der Waals surface area contributed by atoms with Gasteiger partial charge in [-0.15, -0.1) is 8.78 Å². The summed E-state index contributed by atoms with van der Waals surface area (Å²) < 4.78 is 51.0. The summed E-state index contributed by atoms with van der Waals surface area (Å²) in [4.78, 5) is 87.7. The van der Waals surface area contributed by atoms with Crippen molar-refractivity contribution in [1.29, 1.82) is 0 Å². The first-order valence-corrected chi connectivity index (χ1v) is 21.9. The van der Waals surface area contributed by atoms with Gasteiger partial charge in [0.15, 0.2) is 34.0 Å². The van der Waals surface area contributed by atoms with E-state index in [0.717, 1.165) is 16.7 Å². The zero-order valence-electron chi connectivity index (χ0n) is 38.2. The second-order valence-corrected chi connectivity index (χ2v) is 16.3. The van der Waals surface area contributed by atoms with Crippen LogP contribution in [-0.4, -0.2) is 73.2 Å². The third kappa shape index (κ3) is 9.76. The van der Waals surface area contributed by atoms with Crippen LogP contribution in [0.4, 0.5) is 8.78 Å². The van der Waals surface area contributed by atoms with E-state index in [0.29, 0.717) is 33.4 Å². The average molecular weight is 994 g/mol. The smallest absolute Gasteiger partial charge is 0.408 e. The van der Waals surface area contributed by atoms with Crippen molar-refractivity contribution in [3.8, 4) is 11.5 Å². The maximum atomic E-state index is 13.3. The van der Waals surface area contributed by atoms with Crippen LogP contribution in [-0.2, 0) is 40.3 Å². The molecule has 10 aromatic rings. The van der Waals surface area contributed by atoms with Crippen molar-refractivity contribution < 1.29 is 46.3 Å². The van der Waals surface area contributed by atoms with Crippen LogP contribution in [0.5, 0.6) is 11.5 Å². The number of halogens is 2. The van der Waals surface area contributed by atoms with Crippen LogP contribution in [0.1, 0.15) is 64.2 Å². The van der Waals surface area contributed by atoms with Gasteiger partial charge >= 0.3 is 17.8 Å². The van der Waals surface area contributed by atoms with E-state index in [1.54, 1.807) is 81.1 Å². The molecule has 73 heavy (non-hydrogen) atoms. The molecule has 3 aromatic carbocycles. The summed E-state index contributed by atoms with van der Waals surface area (Å²) in [6.07, 6.45) is 2.51. The summed E-state index contributed by atoms with van der Waals surface area (Å²) in [7, 11) is 3.20. The molecule has 0 fully saturated rings. The van der Waals surface area contributed by atoms with Gasteiger partial charge in [-0.25, -0.2) is 28.6 Å². The molecule has 1 aliphatic heterocycles. The average Bonchev–Trinajstić information content (AvgIpc) is 4.24. The summed E-state index contributed by atoms with van der Waals surface area (Å²) >= 11 is 0. The molecule has 4 amide bonds. The van der Waals surface area contributed by atoms with E-state index in [2.05, 4.69) is 55.9 Å². The highest BCUT2D eigenvalue weighted by Crippen LogP contribution is 2.41. The summed E-state index contributed by atoms with van der Waals surface area (Å²) in [5, 5.41) is 19.3. The van der Waals surface area contributed by atoms with E-state index in [9.17, 15) is 37.5 Å². The molecule has 7 aromatic heterocycles. The molecule has 0 aliphatic carbocycles. The summed E-state index contributed by atoms with van der Waals surface area (Å²) in [6.45, 7) is 0.582. The van der Waals surface area contributed by atoms with Gasteiger partial charge in [-0.05, 0) is 64.7 Å². The fourth-order valence-corrected chi connectivity index (χ4v) is 7.64. The van der Waals surface area contributed by atoms with E-state index in [-0.39, 0.29) is 66.1 Å². The molecule has 0 spiro atoms. The van der Waals surface area contributed by atoms with E-state index >= 15 is 0 Å². The number of nitrogens with zero attached hydrogens (tertiary/aromatic N) is 9. The van der Waals surface area contributed by atoms with Crippen molar-refractivity contribution in [2.45, 2.75) is 32.5 Å². The molecule has 23 nitrogen and oxygen atoms in total. The second kappa shape index (κ2) is 19.0. The number of pyridine rings is 1. The molecule has 11 rings (SSSR count). The monoisotopic (exact) mass is 993 g/mol. The van der Waals surface area contributed by atoms with E-state index in [4.69, 9.17) is 8.83 Å². The minimum atomic E-state index is -3.74. The van der Waals surface area contributed by atoms with Crippen LogP contribution < -0.4 is 42.3 Å². The van der Waals surface area contributed by atoms with Crippen molar-refractivity contribution in [2.24, 2.45) is 14.1 Å². The Hall–Kier alpha value is -10.1. The number of oxazole rings is 2. The van der Waals surface area contributed by atoms with Crippen molar-refractivity contribution in [3.63, 3.8) is 0 Å². The summed E-state index contributed by atoms with van der Waals surface area (Å²) in [6, 6.07) is 24.0. The van der Waals surface area contributed by atoms with E-state index in [1.165, 1.54) is 60.9 Å². The maximum Gasteiger partial charge on any atom is 0.586 e. The van der Waals surface area contributed by atoms with Crippen LogP contribution in [0.3, 0.4) is 0 Å². The number of aromatic nitrogens is 9. The molecule has 0 unspecified atom stereocenters. The molecule has 4 N–H and O–H groups in total. The summed E-state index contributed by atoms with van der Waals surface area (Å²) in [5.74, 6) is -3.16.